The molecular formula is C13H8F3NO2S. The van der Waals surface area contributed by atoms with Gasteiger partial charge < -0.3 is 10.8 Å². The standard InChI is InChI=1S/C13H8F3NO2S/c14-6-1-2-11(9(16)3-6)20-12-5-8(15)7(13(18)19)4-10(12)17/h1-5H,17H2,(H,18,19). The largest absolute Gasteiger partial charge is 0.478 e. The van der Waals surface area contributed by atoms with Crippen LogP contribution in [0.25, 0.3) is 0 Å². The van der Waals surface area contributed by atoms with Gasteiger partial charge in [-0.1, -0.05) is 11.8 Å². The number of carbonyl (C=O) groups is 1. The summed E-state index contributed by atoms with van der Waals surface area (Å²) in [6.07, 6.45) is 0. The maximum atomic E-state index is 13.5. The average molecular weight is 299 g/mol. The van der Waals surface area contributed by atoms with Gasteiger partial charge in [0.1, 0.15) is 17.5 Å². The molecule has 2 aromatic rings. The van der Waals surface area contributed by atoms with Gasteiger partial charge in [0.15, 0.2) is 0 Å². The number of nitrogen functional groups attached to an aromatic ring is 1. The second kappa shape index (κ2) is 5.46. The van der Waals surface area contributed by atoms with Gasteiger partial charge in [-0.2, -0.15) is 0 Å². The SMILES string of the molecule is Nc1cc(C(=O)O)c(F)cc1Sc1ccc(F)cc1F. The van der Waals surface area contributed by atoms with Gasteiger partial charge in [-0.15, -0.1) is 0 Å². The van der Waals surface area contributed by atoms with Gasteiger partial charge in [0.25, 0.3) is 0 Å². The Balaban J connectivity index is 2.39. The van der Waals surface area contributed by atoms with Crippen LogP contribution < -0.4 is 5.73 Å². The van der Waals surface area contributed by atoms with Crippen LogP contribution in [0.2, 0.25) is 0 Å². The number of nitrogens with two attached hydrogens (primary N) is 1. The molecule has 0 amide bonds. The quantitative estimate of drug-likeness (QED) is 0.851. The van der Waals surface area contributed by atoms with E-state index >= 15 is 0 Å². The molecule has 0 saturated carbocycles. The number of carboxylic acids is 1. The van der Waals surface area contributed by atoms with Gasteiger partial charge in [-0.25, -0.2) is 18.0 Å². The highest BCUT2D eigenvalue weighted by atomic mass is 32.2. The van der Waals surface area contributed by atoms with Gasteiger partial charge in [0.05, 0.1) is 5.56 Å². The summed E-state index contributed by atoms with van der Waals surface area (Å²) in [5, 5.41) is 8.74. The number of carboxylic acid groups (broad SMARTS) is 1. The minimum Gasteiger partial charge on any atom is -0.478 e. The molecule has 3 nitrogen and oxygen atoms in total. The van der Waals surface area contributed by atoms with E-state index in [0.717, 1.165) is 30.0 Å². The van der Waals surface area contributed by atoms with Crippen molar-refractivity contribution in [3.8, 4) is 0 Å². The van der Waals surface area contributed by atoms with E-state index in [0.29, 0.717) is 6.07 Å². The Hall–Kier alpha value is -2.15. The fourth-order valence-corrected chi connectivity index (χ4v) is 2.37. The third kappa shape index (κ3) is 2.88. The van der Waals surface area contributed by atoms with E-state index in [2.05, 4.69) is 0 Å². The maximum Gasteiger partial charge on any atom is 0.338 e. The molecule has 0 aliphatic heterocycles. The Kier molecular flexibility index (Phi) is 3.89. The summed E-state index contributed by atoms with van der Waals surface area (Å²) in [5.41, 5.74) is 5.04. The number of benzene rings is 2. The molecule has 2 aromatic carbocycles. The van der Waals surface area contributed by atoms with Crippen molar-refractivity contribution in [3.63, 3.8) is 0 Å². The number of aromatic carboxylic acids is 1. The molecule has 0 fully saturated rings. The molecule has 2 rings (SSSR count). The third-order valence-corrected chi connectivity index (χ3v) is 3.57. The smallest absolute Gasteiger partial charge is 0.338 e. The lowest BCUT2D eigenvalue weighted by atomic mass is 10.2. The van der Waals surface area contributed by atoms with E-state index in [1.165, 1.54) is 6.07 Å². The summed E-state index contributed by atoms with van der Waals surface area (Å²) in [7, 11) is 0. The highest BCUT2D eigenvalue weighted by Gasteiger charge is 2.15. The zero-order valence-electron chi connectivity index (χ0n) is 9.86. The molecule has 0 spiro atoms. The summed E-state index contributed by atoms with van der Waals surface area (Å²) in [6, 6.07) is 4.82. The molecule has 0 aromatic heterocycles. The van der Waals surface area contributed by atoms with Crippen molar-refractivity contribution in [1.82, 2.24) is 0 Å². The van der Waals surface area contributed by atoms with Gasteiger partial charge in [0, 0.05) is 21.5 Å². The van der Waals surface area contributed by atoms with Crippen molar-refractivity contribution in [1.29, 1.82) is 0 Å². The monoisotopic (exact) mass is 299 g/mol. The van der Waals surface area contributed by atoms with Crippen LogP contribution in [-0.2, 0) is 0 Å². The summed E-state index contributed by atoms with van der Waals surface area (Å²) >= 11 is 0.785. The van der Waals surface area contributed by atoms with Crippen molar-refractivity contribution in [2.24, 2.45) is 0 Å². The van der Waals surface area contributed by atoms with Crippen LogP contribution in [0.5, 0.6) is 0 Å². The second-order valence-electron chi connectivity index (χ2n) is 3.85. The first-order valence-electron chi connectivity index (χ1n) is 5.33. The van der Waals surface area contributed by atoms with Gasteiger partial charge in [0.2, 0.25) is 0 Å². The number of anilines is 1. The van der Waals surface area contributed by atoms with Crippen molar-refractivity contribution in [2.45, 2.75) is 9.79 Å². The van der Waals surface area contributed by atoms with Crippen LogP contribution in [0.1, 0.15) is 10.4 Å². The predicted octanol–water partition coefficient (Wildman–Crippen LogP) is 3.54. The van der Waals surface area contributed by atoms with Crippen LogP contribution in [0.4, 0.5) is 18.9 Å². The number of hydrogen-bond acceptors (Lipinski definition) is 3. The molecule has 0 aliphatic rings. The molecule has 0 unspecified atom stereocenters. The van der Waals surface area contributed by atoms with Gasteiger partial charge >= 0.3 is 5.97 Å². The summed E-state index contributed by atoms with van der Waals surface area (Å²) in [6.45, 7) is 0. The highest BCUT2D eigenvalue weighted by molar-refractivity contribution is 7.99. The molecule has 0 heterocycles. The average Bonchev–Trinajstić information content (AvgIpc) is 2.36. The lowest BCUT2D eigenvalue weighted by Crippen LogP contribution is -2.03. The van der Waals surface area contributed by atoms with Gasteiger partial charge in [-0.05, 0) is 24.3 Å². The van der Waals surface area contributed by atoms with E-state index < -0.39 is 29.0 Å². The van der Waals surface area contributed by atoms with Crippen molar-refractivity contribution >= 4 is 23.4 Å². The van der Waals surface area contributed by atoms with Crippen LogP contribution in [0, 0.1) is 17.5 Å². The molecule has 20 heavy (non-hydrogen) atoms. The van der Waals surface area contributed by atoms with Crippen molar-refractivity contribution in [3.05, 3.63) is 53.3 Å². The van der Waals surface area contributed by atoms with Crippen LogP contribution in [-0.4, -0.2) is 11.1 Å². The summed E-state index contributed by atoms with van der Waals surface area (Å²) in [5.74, 6) is -3.96. The predicted molar refractivity (Wildman–Crippen MR) is 68.3 cm³/mol. The van der Waals surface area contributed by atoms with Crippen LogP contribution in [0.3, 0.4) is 0 Å². The normalized spacial score (nSPS) is 10.6. The van der Waals surface area contributed by atoms with Gasteiger partial charge in [-0.3, -0.25) is 0 Å². The van der Waals surface area contributed by atoms with Crippen LogP contribution in [0.15, 0.2) is 40.1 Å². The Morgan fingerprint density at radius 2 is 1.75 bits per heavy atom. The Morgan fingerprint density at radius 1 is 1.05 bits per heavy atom. The fraction of sp³-hybridized carbons (Fsp3) is 0. The first-order chi connectivity index (χ1) is 9.38. The maximum absolute atomic E-state index is 13.5. The Bertz CT molecular complexity index is 692. The van der Waals surface area contributed by atoms with Crippen LogP contribution >= 0.6 is 11.8 Å². The molecule has 0 aliphatic carbocycles. The zero-order valence-corrected chi connectivity index (χ0v) is 10.7. The fourth-order valence-electron chi connectivity index (χ4n) is 1.50. The van der Waals surface area contributed by atoms with Crippen molar-refractivity contribution in [2.75, 3.05) is 5.73 Å². The first-order valence-corrected chi connectivity index (χ1v) is 6.15. The minimum absolute atomic E-state index is 0.00229. The third-order valence-electron chi connectivity index (χ3n) is 2.44. The highest BCUT2D eigenvalue weighted by Crippen LogP contribution is 2.35. The lowest BCUT2D eigenvalue weighted by Gasteiger charge is -2.08. The molecule has 0 bridgehead atoms. The number of hydrogen-bond donors (Lipinski definition) is 2. The zero-order chi connectivity index (χ0) is 14.9. The summed E-state index contributed by atoms with van der Waals surface area (Å²) < 4.78 is 39.8. The number of rotatable bonds is 3. The molecule has 0 radical (unpaired) electrons. The van der Waals surface area contributed by atoms with E-state index in [1.54, 1.807) is 0 Å². The Labute approximate surface area is 116 Å². The first kappa shape index (κ1) is 14.3. The van der Waals surface area contributed by atoms with E-state index in [9.17, 15) is 18.0 Å². The van der Waals surface area contributed by atoms with E-state index in [1.807, 2.05) is 0 Å². The van der Waals surface area contributed by atoms with E-state index in [-0.39, 0.29) is 15.5 Å². The molecule has 0 saturated heterocycles. The lowest BCUT2D eigenvalue weighted by molar-refractivity contribution is 0.0692. The molecule has 0 atom stereocenters. The molecule has 7 heteroatoms. The Morgan fingerprint density at radius 3 is 2.35 bits per heavy atom. The molecule has 104 valence electrons. The topological polar surface area (TPSA) is 63.3 Å². The molecular weight excluding hydrogens is 291 g/mol. The molecule has 3 N–H and O–H groups in total. The second-order valence-corrected chi connectivity index (χ2v) is 4.94. The number of halogens is 3. The van der Waals surface area contributed by atoms with E-state index in [4.69, 9.17) is 10.8 Å². The van der Waals surface area contributed by atoms with Crippen molar-refractivity contribution < 1.29 is 23.1 Å². The summed E-state index contributed by atoms with van der Waals surface area (Å²) in [4.78, 5) is 10.9. The minimum atomic E-state index is -1.45.